The summed E-state index contributed by atoms with van der Waals surface area (Å²) in [6, 6.07) is 56.6. The molecule has 9 rings (SSSR count). The molecule has 0 aliphatic carbocycles. The predicted octanol–water partition coefficient (Wildman–Crippen LogP) is 13.9. The first kappa shape index (κ1) is 40.2. The number of pyridine rings is 1. The maximum absolute atomic E-state index is 6.64. The van der Waals surface area contributed by atoms with Gasteiger partial charge < -0.3 is 19.1 Å². The van der Waals surface area contributed by atoms with E-state index in [1.165, 1.54) is 22.3 Å². The monoisotopic (exact) mass is 952 g/mol. The van der Waals surface area contributed by atoms with Gasteiger partial charge in [0.15, 0.2) is 0 Å². The number of fused-ring (bicyclic) bond motifs is 4. The zero-order chi connectivity index (χ0) is 40.4. The quantitative estimate of drug-likeness (QED) is 0.149. The molecule has 0 fully saturated rings. The van der Waals surface area contributed by atoms with Gasteiger partial charge in [-0.15, -0.1) is 48.1 Å². The van der Waals surface area contributed by atoms with E-state index in [2.05, 4.69) is 210 Å². The number of hydrogen-bond acceptors (Lipinski definition) is 4. The Morgan fingerprint density at radius 1 is 0.542 bits per heavy atom. The van der Waals surface area contributed by atoms with Gasteiger partial charge in [0.05, 0.1) is 0 Å². The van der Waals surface area contributed by atoms with Gasteiger partial charge in [-0.3, -0.25) is 0 Å². The van der Waals surface area contributed by atoms with E-state index in [0.717, 1.165) is 50.4 Å². The molecule has 0 saturated heterocycles. The molecule has 6 aromatic carbocycles. The van der Waals surface area contributed by atoms with Crippen LogP contribution in [0.5, 0.6) is 11.5 Å². The van der Waals surface area contributed by atoms with Crippen molar-refractivity contribution >= 4 is 44.6 Å². The van der Waals surface area contributed by atoms with E-state index in [9.17, 15) is 0 Å². The van der Waals surface area contributed by atoms with Crippen molar-refractivity contribution in [3.63, 3.8) is 0 Å². The number of benzene rings is 6. The van der Waals surface area contributed by atoms with Crippen molar-refractivity contribution in [2.45, 2.75) is 71.6 Å². The third-order valence-electron chi connectivity index (χ3n) is 11.6. The summed E-state index contributed by atoms with van der Waals surface area (Å²) in [6.45, 7) is 20.2. The fourth-order valence-corrected chi connectivity index (χ4v) is 8.02. The molecular formula is C53H49N4OPt-3. The van der Waals surface area contributed by atoms with Crippen molar-refractivity contribution in [2.75, 3.05) is 9.80 Å². The molecule has 8 aromatic rings. The molecule has 2 aromatic heterocycles. The first-order chi connectivity index (χ1) is 27.8. The van der Waals surface area contributed by atoms with Crippen LogP contribution in [-0.4, -0.2) is 9.55 Å². The summed E-state index contributed by atoms with van der Waals surface area (Å²) in [5.41, 5.74) is 11.0. The van der Waals surface area contributed by atoms with Crippen LogP contribution in [0.3, 0.4) is 0 Å². The van der Waals surface area contributed by atoms with Crippen LogP contribution in [0.1, 0.15) is 77.6 Å². The Morgan fingerprint density at radius 3 is 1.93 bits per heavy atom. The smallest absolute Gasteiger partial charge is 0.135 e. The summed E-state index contributed by atoms with van der Waals surface area (Å²) in [6.07, 6.45) is 1.92. The van der Waals surface area contributed by atoms with Crippen LogP contribution in [0.15, 0.2) is 146 Å². The zero-order valence-corrected chi connectivity index (χ0v) is 37.2. The predicted molar refractivity (Wildman–Crippen MR) is 240 cm³/mol. The van der Waals surface area contributed by atoms with Gasteiger partial charge in [0.2, 0.25) is 0 Å². The van der Waals surface area contributed by atoms with Crippen LogP contribution >= 0.6 is 0 Å². The van der Waals surface area contributed by atoms with Gasteiger partial charge in [0, 0.05) is 66.8 Å². The Kier molecular flexibility index (Phi) is 10.3. The standard InChI is InChI=1S/C53H49N4O.Pt/c1-51(2,3)37-18-14-19-40(30-37)55-35-56(47-23-13-12-22-46(47)55)41-20-15-21-42(33-41)58-43-25-27-45-44-26-24-39(53(7,8)36-16-10-9-11-17-36)31-48(44)57(49(45)34-43)50-32-38(28-29-54-50)52(4,5)6;/h9-32,35H,1-8H3;/q-3;. The number of rotatable bonds is 7. The second kappa shape index (κ2) is 15.2. The van der Waals surface area contributed by atoms with E-state index in [4.69, 9.17) is 9.72 Å². The van der Waals surface area contributed by atoms with Crippen LogP contribution < -0.4 is 14.5 Å². The zero-order valence-electron chi connectivity index (χ0n) is 34.9. The fraction of sp³-hybridized carbons (Fsp3) is 0.208. The Hall–Kier alpha value is -5.64. The Morgan fingerprint density at radius 2 is 1.19 bits per heavy atom. The molecule has 59 heavy (non-hydrogen) atoms. The number of nitrogens with zero attached hydrogens (tertiary/aromatic N) is 4. The summed E-state index contributed by atoms with van der Waals surface area (Å²) < 4.78 is 8.89. The topological polar surface area (TPSA) is 33.5 Å². The summed E-state index contributed by atoms with van der Waals surface area (Å²) in [5, 5.41) is 2.23. The number of ether oxygens (including phenoxy) is 1. The fourth-order valence-electron chi connectivity index (χ4n) is 8.02. The number of aromatic nitrogens is 2. The maximum atomic E-state index is 6.64. The molecule has 5 nitrogen and oxygen atoms in total. The average molecular weight is 953 g/mol. The molecule has 0 bridgehead atoms. The van der Waals surface area contributed by atoms with Gasteiger partial charge in [-0.2, -0.15) is 12.1 Å². The normalized spacial score (nSPS) is 13.2. The van der Waals surface area contributed by atoms with E-state index in [1.54, 1.807) is 0 Å². The molecule has 1 aliphatic rings. The average Bonchev–Trinajstić information content (AvgIpc) is 3.76. The molecule has 3 heterocycles. The first-order valence-electron chi connectivity index (χ1n) is 20.1. The molecule has 0 saturated carbocycles. The summed E-state index contributed by atoms with van der Waals surface area (Å²) in [4.78, 5) is 9.39. The van der Waals surface area contributed by atoms with Gasteiger partial charge in [-0.05, 0) is 80.9 Å². The van der Waals surface area contributed by atoms with Crippen molar-refractivity contribution in [2.24, 2.45) is 0 Å². The number of para-hydroxylation sites is 2. The van der Waals surface area contributed by atoms with Crippen molar-refractivity contribution < 1.29 is 25.8 Å². The van der Waals surface area contributed by atoms with Crippen molar-refractivity contribution in [1.29, 1.82) is 0 Å². The Bertz CT molecular complexity index is 2810. The third kappa shape index (κ3) is 7.47. The summed E-state index contributed by atoms with van der Waals surface area (Å²) in [7, 11) is 0. The van der Waals surface area contributed by atoms with E-state index in [1.807, 2.05) is 24.4 Å². The molecular weight excluding hydrogens is 904 g/mol. The van der Waals surface area contributed by atoms with Crippen molar-refractivity contribution in [3.05, 3.63) is 187 Å². The number of hydrogen-bond donors (Lipinski definition) is 0. The third-order valence-corrected chi connectivity index (χ3v) is 11.6. The van der Waals surface area contributed by atoms with E-state index in [0.29, 0.717) is 11.5 Å². The molecule has 0 spiro atoms. The van der Waals surface area contributed by atoms with Gasteiger partial charge >= 0.3 is 0 Å². The van der Waals surface area contributed by atoms with Gasteiger partial charge in [-0.1, -0.05) is 128 Å². The molecule has 0 N–H and O–H groups in total. The molecule has 0 amide bonds. The van der Waals surface area contributed by atoms with Gasteiger partial charge in [0.25, 0.3) is 0 Å². The first-order valence-corrected chi connectivity index (χ1v) is 20.1. The molecule has 6 heteroatoms. The molecule has 0 unspecified atom stereocenters. The summed E-state index contributed by atoms with van der Waals surface area (Å²) >= 11 is 0. The van der Waals surface area contributed by atoms with E-state index < -0.39 is 0 Å². The van der Waals surface area contributed by atoms with Crippen LogP contribution in [-0.2, 0) is 37.3 Å². The SMILES string of the molecule is CC(C)(C)c1cccc(N2[CH-]N(c3[c-]c(Oc4[c-]c5c(cc4)c4ccc(C(C)(C)c6ccccc6)cc4n5-c4cc(C(C)(C)C)ccn4)ccc3)c3ccccc32)c1.[Pt]. The number of anilines is 4. The minimum absolute atomic E-state index is 0. The summed E-state index contributed by atoms with van der Waals surface area (Å²) in [5.74, 6) is 2.06. The minimum Gasteiger partial charge on any atom is -0.509 e. The van der Waals surface area contributed by atoms with Crippen LogP contribution in [0.2, 0.25) is 0 Å². The molecule has 0 atom stereocenters. The van der Waals surface area contributed by atoms with Crippen molar-refractivity contribution in [3.8, 4) is 17.3 Å². The maximum Gasteiger partial charge on any atom is 0.135 e. The van der Waals surface area contributed by atoms with Crippen LogP contribution in [0, 0.1) is 18.8 Å². The Balaban J connectivity index is 0.00000484. The molecule has 300 valence electrons. The second-order valence-corrected chi connectivity index (χ2v) is 17.9. The van der Waals surface area contributed by atoms with E-state index in [-0.39, 0.29) is 37.3 Å². The van der Waals surface area contributed by atoms with Crippen LogP contribution in [0.4, 0.5) is 22.7 Å². The molecule has 0 radical (unpaired) electrons. The molecule has 1 aliphatic heterocycles. The van der Waals surface area contributed by atoms with Crippen molar-refractivity contribution in [1.82, 2.24) is 9.55 Å². The second-order valence-electron chi connectivity index (χ2n) is 17.9. The van der Waals surface area contributed by atoms with Gasteiger partial charge in [0.1, 0.15) is 5.82 Å². The van der Waals surface area contributed by atoms with Gasteiger partial charge in [-0.25, -0.2) is 4.98 Å². The largest absolute Gasteiger partial charge is 0.509 e. The Labute approximate surface area is 363 Å². The van der Waals surface area contributed by atoms with Crippen LogP contribution in [0.25, 0.3) is 27.6 Å². The van der Waals surface area contributed by atoms with E-state index >= 15 is 0 Å². The minimum atomic E-state index is -0.211.